The molecule has 0 aliphatic rings. The van der Waals surface area contributed by atoms with E-state index in [0.717, 1.165) is 25.5 Å². The maximum atomic E-state index is 12.2. The summed E-state index contributed by atoms with van der Waals surface area (Å²) in [7, 11) is 0. The first-order chi connectivity index (χ1) is 12.0. The summed E-state index contributed by atoms with van der Waals surface area (Å²) in [4.78, 5) is 24.3. The zero-order chi connectivity index (χ0) is 17.8. The summed E-state index contributed by atoms with van der Waals surface area (Å²) < 4.78 is 1.01. The van der Waals surface area contributed by atoms with Gasteiger partial charge in [-0.2, -0.15) is 0 Å². The van der Waals surface area contributed by atoms with E-state index in [-0.39, 0.29) is 18.2 Å². The normalized spacial score (nSPS) is 10.5. The van der Waals surface area contributed by atoms with E-state index in [0.29, 0.717) is 5.56 Å². The molecule has 3 aromatic rings. The number of amides is 2. The molecule has 0 radical (unpaired) electrons. The van der Waals surface area contributed by atoms with Gasteiger partial charge in [0.2, 0.25) is 5.91 Å². The largest absolute Gasteiger partial charge is 0.273 e. The fourth-order valence-corrected chi connectivity index (χ4v) is 3.11. The number of hydrazine groups is 1. The molecule has 0 spiro atoms. The van der Waals surface area contributed by atoms with Crippen molar-refractivity contribution < 1.29 is 9.59 Å². The lowest BCUT2D eigenvalue weighted by Crippen LogP contribution is -2.42. The maximum absolute atomic E-state index is 12.2. The second kappa shape index (κ2) is 7.65. The highest BCUT2D eigenvalue weighted by molar-refractivity contribution is 14.1. The lowest BCUT2D eigenvalue weighted by molar-refractivity contribution is -0.121. The summed E-state index contributed by atoms with van der Waals surface area (Å²) in [6.45, 7) is 1.98. The number of hydrogen-bond acceptors (Lipinski definition) is 2. The van der Waals surface area contributed by atoms with Crippen LogP contribution >= 0.6 is 22.6 Å². The van der Waals surface area contributed by atoms with Gasteiger partial charge in [-0.15, -0.1) is 0 Å². The van der Waals surface area contributed by atoms with Crippen LogP contribution in [0.25, 0.3) is 10.8 Å². The Labute approximate surface area is 159 Å². The number of benzene rings is 3. The van der Waals surface area contributed by atoms with Crippen molar-refractivity contribution in [1.29, 1.82) is 0 Å². The molecule has 0 heterocycles. The first-order valence-electron chi connectivity index (χ1n) is 7.86. The number of carbonyl (C=O) groups is 2. The van der Waals surface area contributed by atoms with Crippen LogP contribution in [0.1, 0.15) is 21.5 Å². The molecule has 5 heteroatoms. The van der Waals surface area contributed by atoms with E-state index in [9.17, 15) is 9.59 Å². The molecule has 0 aliphatic carbocycles. The smallest absolute Gasteiger partial charge is 0.269 e. The summed E-state index contributed by atoms with van der Waals surface area (Å²) in [5, 5.41) is 2.13. The minimum atomic E-state index is -0.329. The Morgan fingerprint density at radius 1 is 0.960 bits per heavy atom. The van der Waals surface area contributed by atoms with E-state index in [1.807, 2.05) is 55.5 Å². The number of hydrogen-bond donors (Lipinski definition) is 2. The number of aryl methyl sites for hydroxylation is 1. The molecule has 2 amide bonds. The molecule has 0 atom stereocenters. The van der Waals surface area contributed by atoms with Crippen molar-refractivity contribution in [3.63, 3.8) is 0 Å². The van der Waals surface area contributed by atoms with Crippen LogP contribution in [-0.2, 0) is 11.2 Å². The van der Waals surface area contributed by atoms with Crippen LogP contribution in [-0.4, -0.2) is 11.8 Å². The molecule has 4 nitrogen and oxygen atoms in total. The highest BCUT2D eigenvalue weighted by Gasteiger charge is 2.10. The van der Waals surface area contributed by atoms with Crippen molar-refractivity contribution in [3.05, 3.63) is 80.9 Å². The van der Waals surface area contributed by atoms with Gasteiger partial charge in [0, 0.05) is 9.13 Å². The van der Waals surface area contributed by atoms with Crippen molar-refractivity contribution in [3.8, 4) is 0 Å². The molecule has 0 aliphatic heterocycles. The predicted molar refractivity (Wildman–Crippen MR) is 107 cm³/mol. The van der Waals surface area contributed by atoms with Gasteiger partial charge in [-0.3, -0.25) is 20.4 Å². The fourth-order valence-electron chi connectivity index (χ4n) is 2.60. The van der Waals surface area contributed by atoms with E-state index in [1.54, 1.807) is 12.1 Å². The second-order valence-electron chi connectivity index (χ2n) is 5.78. The average molecular weight is 444 g/mol. The van der Waals surface area contributed by atoms with Gasteiger partial charge in [0.05, 0.1) is 6.42 Å². The molecule has 3 rings (SSSR count). The summed E-state index contributed by atoms with van der Waals surface area (Å²) in [6.07, 6.45) is 0.201. The predicted octanol–water partition coefficient (Wildman–Crippen LogP) is 3.76. The van der Waals surface area contributed by atoms with Gasteiger partial charge >= 0.3 is 0 Å². The Hall–Kier alpha value is -2.41. The first-order valence-corrected chi connectivity index (χ1v) is 8.94. The molecular formula is C20H17IN2O2. The molecule has 0 unspecified atom stereocenters. The van der Waals surface area contributed by atoms with Gasteiger partial charge < -0.3 is 0 Å². The topological polar surface area (TPSA) is 58.2 Å². The first kappa shape index (κ1) is 17.4. The average Bonchev–Trinajstić information content (AvgIpc) is 2.62. The minimum absolute atomic E-state index is 0.201. The summed E-state index contributed by atoms with van der Waals surface area (Å²) in [6, 6.07) is 19.2. The van der Waals surface area contributed by atoms with Gasteiger partial charge in [-0.25, -0.2) is 0 Å². The molecule has 2 N–H and O–H groups in total. The molecular weight excluding hydrogens is 427 g/mol. The lowest BCUT2D eigenvalue weighted by Gasteiger charge is -2.10. The highest BCUT2D eigenvalue weighted by Crippen LogP contribution is 2.18. The van der Waals surface area contributed by atoms with E-state index in [2.05, 4.69) is 33.4 Å². The van der Waals surface area contributed by atoms with Crippen LogP contribution < -0.4 is 10.9 Å². The molecule has 0 aromatic heterocycles. The van der Waals surface area contributed by atoms with Gasteiger partial charge in [-0.1, -0.05) is 48.5 Å². The van der Waals surface area contributed by atoms with Gasteiger partial charge in [0.15, 0.2) is 0 Å². The van der Waals surface area contributed by atoms with Crippen molar-refractivity contribution in [1.82, 2.24) is 10.9 Å². The third-order valence-electron chi connectivity index (χ3n) is 3.98. The van der Waals surface area contributed by atoms with Crippen LogP contribution in [0, 0.1) is 10.5 Å². The Balaban J connectivity index is 1.64. The molecule has 0 saturated heterocycles. The molecule has 25 heavy (non-hydrogen) atoms. The standard InChI is InChI=1S/C20H17IN2O2/c1-13-9-10-16(11-18(13)21)20(25)23-22-19(24)12-15-7-4-6-14-5-2-3-8-17(14)15/h2-11H,12H2,1H3,(H,22,24)(H,23,25). The van der Waals surface area contributed by atoms with Crippen molar-refractivity contribution >= 4 is 45.2 Å². The lowest BCUT2D eigenvalue weighted by atomic mass is 10.0. The molecule has 0 saturated carbocycles. The van der Waals surface area contributed by atoms with Crippen LogP contribution in [0.4, 0.5) is 0 Å². The number of nitrogens with one attached hydrogen (secondary N) is 2. The summed E-state index contributed by atoms with van der Waals surface area (Å²) in [5.74, 6) is -0.587. The van der Waals surface area contributed by atoms with Crippen LogP contribution in [0.3, 0.4) is 0 Å². The van der Waals surface area contributed by atoms with Gasteiger partial charge in [0.25, 0.3) is 5.91 Å². The minimum Gasteiger partial charge on any atom is -0.273 e. The van der Waals surface area contributed by atoms with Crippen molar-refractivity contribution in [2.45, 2.75) is 13.3 Å². The van der Waals surface area contributed by atoms with Crippen LogP contribution in [0.2, 0.25) is 0 Å². The highest BCUT2D eigenvalue weighted by atomic mass is 127. The van der Waals surface area contributed by atoms with Crippen molar-refractivity contribution in [2.24, 2.45) is 0 Å². The molecule has 3 aromatic carbocycles. The van der Waals surface area contributed by atoms with E-state index >= 15 is 0 Å². The Morgan fingerprint density at radius 3 is 2.52 bits per heavy atom. The summed E-state index contributed by atoms with van der Waals surface area (Å²) in [5.41, 5.74) is 7.51. The fraction of sp³-hybridized carbons (Fsp3) is 0.100. The quantitative estimate of drug-likeness (QED) is 0.478. The van der Waals surface area contributed by atoms with Crippen LogP contribution in [0.15, 0.2) is 60.7 Å². The monoisotopic (exact) mass is 444 g/mol. The maximum Gasteiger partial charge on any atom is 0.269 e. The Bertz CT molecular complexity index is 948. The third kappa shape index (κ3) is 4.17. The molecule has 0 bridgehead atoms. The van der Waals surface area contributed by atoms with Gasteiger partial charge in [-0.05, 0) is 63.5 Å². The van der Waals surface area contributed by atoms with Crippen molar-refractivity contribution in [2.75, 3.05) is 0 Å². The number of rotatable bonds is 3. The number of fused-ring (bicyclic) bond motifs is 1. The Morgan fingerprint density at radius 2 is 1.72 bits per heavy atom. The SMILES string of the molecule is Cc1ccc(C(=O)NNC(=O)Cc2cccc3ccccc23)cc1I. The molecule has 0 fully saturated rings. The Kier molecular flexibility index (Phi) is 5.33. The second-order valence-corrected chi connectivity index (χ2v) is 6.94. The third-order valence-corrected chi connectivity index (χ3v) is 5.14. The zero-order valence-corrected chi connectivity index (χ0v) is 15.8. The van der Waals surface area contributed by atoms with E-state index < -0.39 is 0 Å². The number of carbonyl (C=O) groups excluding carboxylic acids is 2. The van der Waals surface area contributed by atoms with Gasteiger partial charge in [0.1, 0.15) is 0 Å². The zero-order valence-electron chi connectivity index (χ0n) is 13.7. The number of halogens is 1. The summed E-state index contributed by atoms with van der Waals surface area (Å²) >= 11 is 2.18. The van der Waals surface area contributed by atoms with Crippen LogP contribution in [0.5, 0.6) is 0 Å². The van der Waals surface area contributed by atoms with E-state index in [4.69, 9.17) is 0 Å². The van der Waals surface area contributed by atoms with E-state index in [1.165, 1.54) is 0 Å². The molecule has 126 valence electrons.